The molecule has 1 aliphatic carbocycles. The molecule has 0 aromatic rings. The first-order valence-corrected chi connectivity index (χ1v) is 7.62. The van der Waals surface area contributed by atoms with Crippen LogP contribution in [0.1, 0.15) is 25.7 Å². The van der Waals surface area contributed by atoms with E-state index in [-0.39, 0.29) is 29.5 Å². The Labute approximate surface area is 126 Å². The molecule has 1 fully saturated rings. The van der Waals surface area contributed by atoms with Crippen LogP contribution < -0.4 is 0 Å². The van der Waals surface area contributed by atoms with Crippen LogP contribution in [0.3, 0.4) is 0 Å². The lowest BCUT2D eigenvalue weighted by Gasteiger charge is -2.32. The van der Waals surface area contributed by atoms with E-state index < -0.39 is 12.1 Å². The summed E-state index contributed by atoms with van der Waals surface area (Å²) in [5.41, 5.74) is 0. The normalized spacial score (nSPS) is 25.3. The molecule has 1 unspecified atom stereocenters. The van der Waals surface area contributed by atoms with E-state index in [1.54, 1.807) is 19.1 Å². The molecule has 1 amide bonds. The van der Waals surface area contributed by atoms with Gasteiger partial charge in [0, 0.05) is 26.6 Å². The second kappa shape index (κ2) is 7.64. The zero-order valence-electron chi connectivity index (χ0n) is 11.8. The lowest BCUT2D eigenvalue weighted by Crippen LogP contribution is -2.40. The molecule has 1 atom stereocenters. The van der Waals surface area contributed by atoms with E-state index in [0.717, 1.165) is 0 Å². The maximum atomic E-state index is 12.6. The summed E-state index contributed by atoms with van der Waals surface area (Å²) in [6.45, 7) is 0.976. The number of hydrogen-bond acceptors (Lipinski definition) is 2. The van der Waals surface area contributed by atoms with Crippen molar-refractivity contribution >= 4 is 21.8 Å². The lowest BCUT2D eigenvalue weighted by atomic mass is 9.81. The Balaban J connectivity index is 2.42. The zero-order chi connectivity index (χ0) is 15.3. The smallest absolute Gasteiger partial charge is 0.383 e. The molecule has 7 heteroatoms. The number of rotatable bonds is 5. The van der Waals surface area contributed by atoms with Crippen molar-refractivity contribution in [3.63, 3.8) is 0 Å². The topological polar surface area (TPSA) is 29.5 Å². The predicted octanol–water partition coefficient (Wildman–Crippen LogP) is 3.22. The van der Waals surface area contributed by atoms with Crippen LogP contribution in [0.4, 0.5) is 13.2 Å². The Bertz CT molecular complexity index is 317. The molecule has 118 valence electrons. The summed E-state index contributed by atoms with van der Waals surface area (Å²) >= 11 is 3.40. The van der Waals surface area contributed by atoms with Gasteiger partial charge in [0.05, 0.1) is 17.4 Å². The second-order valence-corrected chi connectivity index (χ2v) is 6.66. The minimum Gasteiger partial charge on any atom is -0.383 e. The van der Waals surface area contributed by atoms with E-state index in [0.29, 0.717) is 26.0 Å². The van der Waals surface area contributed by atoms with Crippen molar-refractivity contribution in [2.75, 3.05) is 27.3 Å². The van der Waals surface area contributed by atoms with Crippen LogP contribution in [0.15, 0.2) is 0 Å². The van der Waals surface area contributed by atoms with E-state index in [1.165, 1.54) is 0 Å². The molecule has 0 heterocycles. The van der Waals surface area contributed by atoms with Gasteiger partial charge in [0.2, 0.25) is 5.91 Å². The van der Waals surface area contributed by atoms with Crippen molar-refractivity contribution in [1.29, 1.82) is 0 Å². The minimum atomic E-state index is -4.13. The monoisotopic (exact) mass is 359 g/mol. The minimum absolute atomic E-state index is 0.0352. The third-order valence-electron chi connectivity index (χ3n) is 3.74. The van der Waals surface area contributed by atoms with E-state index in [9.17, 15) is 18.0 Å². The molecule has 0 radical (unpaired) electrons. The highest BCUT2D eigenvalue weighted by Gasteiger charge is 2.42. The molecule has 0 aliphatic heterocycles. The van der Waals surface area contributed by atoms with Crippen LogP contribution >= 0.6 is 15.9 Å². The number of carbonyl (C=O) groups is 1. The summed E-state index contributed by atoms with van der Waals surface area (Å²) in [4.78, 5) is 13.8. The van der Waals surface area contributed by atoms with Gasteiger partial charge >= 0.3 is 6.18 Å². The molecule has 3 nitrogen and oxygen atoms in total. The molecule has 0 bridgehead atoms. The largest absolute Gasteiger partial charge is 0.391 e. The predicted molar refractivity (Wildman–Crippen MR) is 73.7 cm³/mol. The van der Waals surface area contributed by atoms with Crippen molar-refractivity contribution in [2.45, 2.75) is 36.7 Å². The Morgan fingerprint density at radius 3 is 2.35 bits per heavy atom. The number of ether oxygens (including phenoxy) is 1. The van der Waals surface area contributed by atoms with Gasteiger partial charge in [-0.1, -0.05) is 15.9 Å². The van der Waals surface area contributed by atoms with Crippen LogP contribution in [0.25, 0.3) is 0 Å². The fourth-order valence-electron chi connectivity index (χ4n) is 2.60. The third kappa shape index (κ3) is 5.24. The zero-order valence-corrected chi connectivity index (χ0v) is 13.3. The highest BCUT2D eigenvalue weighted by molar-refractivity contribution is 9.09. The highest BCUT2D eigenvalue weighted by atomic mass is 79.9. The standard InChI is InChI=1S/C13H21BrF3NO2/c1-18(7-11(14)8-20-2)12(19)9-3-5-10(6-4-9)13(15,16)17/h9-11H,3-8H2,1-2H3. The van der Waals surface area contributed by atoms with Crippen LogP contribution in [0.2, 0.25) is 0 Å². The number of amides is 1. The number of methoxy groups -OCH3 is 1. The molecule has 1 saturated carbocycles. The van der Waals surface area contributed by atoms with Gasteiger partial charge in [-0.05, 0) is 25.7 Å². The van der Waals surface area contributed by atoms with Crippen molar-refractivity contribution in [3.8, 4) is 0 Å². The van der Waals surface area contributed by atoms with E-state index in [1.807, 2.05) is 0 Å². The molecule has 20 heavy (non-hydrogen) atoms. The van der Waals surface area contributed by atoms with E-state index >= 15 is 0 Å². The van der Waals surface area contributed by atoms with Gasteiger partial charge in [-0.25, -0.2) is 0 Å². The SMILES string of the molecule is COCC(Br)CN(C)C(=O)C1CCC(C(F)(F)F)CC1. The third-order valence-corrected chi connectivity index (χ3v) is 4.29. The molecular weight excluding hydrogens is 339 g/mol. The first-order chi connectivity index (χ1) is 9.25. The van der Waals surface area contributed by atoms with Crippen LogP contribution in [-0.4, -0.2) is 49.1 Å². The summed E-state index contributed by atoms with van der Waals surface area (Å²) in [7, 11) is 3.26. The Hall–Kier alpha value is -0.300. The van der Waals surface area contributed by atoms with Crippen molar-refractivity contribution in [1.82, 2.24) is 4.90 Å². The molecule has 1 aliphatic rings. The van der Waals surface area contributed by atoms with Gasteiger partial charge in [0.15, 0.2) is 0 Å². The van der Waals surface area contributed by atoms with Crippen LogP contribution in [0.5, 0.6) is 0 Å². The number of nitrogens with zero attached hydrogens (tertiary/aromatic N) is 1. The quantitative estimate of drug-likeness (QED) is 0.705. The molecule has 0 N–H and O–H groups in total. The van der Waals surface area contributed by atoms with Gasteiger partial charge in [0.25, 0.3) is 0 Å². The van der Waals surface area contributed by atoms with Crippen LogP contribution in [0, 0.1) is 11.8 Å². The van der Waals surface area contributed by atoms with Crippen molar-refractivity contribution in [3.05, 3.63) is 0 Å². The second-order valence-electron chi connectivity index (χ2n) is 5.36. The van der Waals surface area contributed by atoms with Crippen LogP contribution in [-0.2, 0) is 9.53 Å². The van der Waals surface area contributed by atoms with Gasteiger partial charge < -0.3 is 9.64 Å². The summed E-state index contributed by atoms with van der Waals surface area (Å²) < 4.78 is 42.7. The summed E-state index contributed by atoms with van der Waals surface area (Å²) in [6.07, 6.45) is -3.36. The van der Waals surface area contributed by atoms with Crippen molar-refractivity contribution in [2.24, 2.45) is 11.8 Å². The van der Waals surface area contributed by atoms with E-state index in [4.69, 9.17) is 4.74 Å². The molecule has 0 saturated heterocycles. The number of hydrogen-bond donors (Lipinski definition) is 0. The first-order valence-electron chi connectivity index (χ1n) is 6.70. The van der Waals surface area contributed by atoms with E-state index in [2.05, 4.69) is 15.9 Å². The highest BCUT2D eigenvalue weighted by Crippen LogP contribution is 2.39. The maximum Gasteiger partial charge on any atom is 0.391 e. The number of halogens is 4. The summed E-state index contributed by atoms with van der Waals surface area (Å²) in [5.74, 6) is -1.58. The fourth-order valence-corrected chi connectivity index (χ4v) is 3.30. The van der Waals surface area contributed by atoms with Gasteiger partial charge in [0.1, 0.15) is 0 Å². The molecule has 0 aromatic heterocycles. The van der Waals surface area contributed by atoms with Gasteiger partial charge in [-0.3, -0.25) is 4.79 Å². The maximum absolute atomic E-state index is 12.6. The molecular formula is C13H21BrF3NO2. The summed E-state index contributed by atoms with van der Waals surface area (Å²) in [5, 5.41) is 0. The van der Waals surface area contributed by atoms with Gasteiger partial charge in [-0.15, -0.1) is 0 Å². The lowest BCUT2D eigenvalue weighted by molar-refractivity contribution is -0.185. The molecule has 1 rings (SSSR count). The Morgan fingerprint density at radius 2 is 1.90 bits per heavy atom. The average molecular weight is 360 g/mol. The van der Waals surface area contributed by atoms with Gasteiger partial charge in [-0.2, -0.15) is 13.2 Å². The molecule has 0 aromatic carbocycles. The molecule has 0 spiro atoms. The Kier molecular flexibility index (Phi) is 6.78. The summed E-state index contributed by atoms with van der Waals surface area (Å²) in [6, 6.07) is 0. The number of carbonyl (C=O) groups excluding carboxylic acids is 1. The average Bonchev–Trinajstić information content (AvgIpc) is 2.37. The number of alkyl halides is 4. The van der Waals surface area contributed by atoms with Crippen molar-refractivity contribution < 1.29 is 22.7 Å². The Morgan fingerprint density at radius 1 is 1.35 bits per heavy atom. The fraction of sp³-hybridized carbons (Fsp3) is 0.923. The first kappa shape index (κ1) is 17.8.